The van der Waals surface area contributed by atoms with Crippen LogP contribution in [-0.4, -0.2) is 76.9 Å². The van der Waals surface area contributed by atoms with Crippen LogP contribution >= 0.6 is 0 Å². The van der Waals surface area contributed by atoms with E-state index in [0.29, 0.717) is 6.54 Å². The lowest BCUT2D eigenvalue weighted by molar-refractivity contribution is -0.278. The van der Waals surface area contributed by atoms with E-state index in [4.69, 9.17) is 19.2 Å². The van der Waals surface area contributed by atoms with Crippen LogP contribution < -0.4 is 10.6 Å². The fourth-order valence-electron chi connectivity index (χ4n) is 4.94. The van der Waals surface area contributed by atoms with E-state index in [0.717, 1.165) is 24.0 Å². The summed E-state index contributed by atoms with van der Waals surface area (Å²) in [4.78, 5) is 56.0. The van der Waals surface area contributed by atoms with Crippen LogP contribution in [0.3, 0.4) is 0 Å². The topological polar surface area (TPSA) is 133 Å². The lowest BCUT2D eigenvalue weighted by Crippen LogP contribution is -2.48. The highest BCUT2D eigenvalue weighted by atomic mass is 17.2. The van der Waals surface area contributed by atoms with Crippen molar-refractivity contribution >= 4 is 23.7 Å². The number of amides is 3. The SMILES string of the molecule is COOCC1CCCN1C(=O)C(c1ccccc1)n1cnc(NC(=O)[C@H](COCc2ccccc2)NC(=O)OC(C)(C)C)c1. The predicted octanol–water partition coefficient (Wildman–Crippen LogP) is 4.09. The first-order valence-electron chi connectivity index (χ1n) is 14.6. The normalized spacial score (nSPS) is 16.3. The molecule has 0 radical (unpaired) electrons. The van der Waals surface area contributed by atoms with Crippen LogP contribution in [0, 0.1) is 0 Å². The minimum absolute atomic E-state index is 0.105. The van der Waals surface area contributed by atoms with Gasteiger partial charge in [-0.25, -0.2) is 19.6 Å². The van der Waals surface area contributed by atoms with Gasteiger partial charge in [0.2, 0.25) is 0 Å². The van der Waals surface area contributed by atoms with Crippen LogP contribution in [0.4, 0.5) is 10.6 Å². The fraction of sp³-hybridized carbons (Fsp3) is 0.438. The zero-order valence-electron chi connectivity index (χ0n) is 25.6. The van der Waals surface area contributed by atoms with Crippen LogP contribution in [0.25, 0.3) is 0 Å². The van der Waals surface area contributed by atoms with E-state index in [1.807, 2.05) is 60.7 Å². The summed E-state index contributed by atoms with van der Waals surface area (Å²) in [5.74, 6) is -0.455. The minimum Gasteiger partial charge on any atom is -0.444 e. The second kappa shape index (κ2) is 15.5. The number of hydrogen-bond donors (Lipinski definition) is 2. The predicted molar refractivity (Wildman–Crippen MR) is 162 cm³/mol. The van der Waals surface area contributed by atoms with Crippen molar-refractivity contribution in [2.45, 2.75) is 63.9 Å². The molecule has 3 aromatic rings. The summed E-state index contributed by atoms with van der Waals surface area (Å²) >= 11 is 0. The summed E-state index contributed by atoms with van der Waals surface area (Å²) in [5, 5.41) is 5.34. The molecule has 1 fully saturated rings. The summed E-state index contributed by atoms with van der Waals surface area (Å²) in [6.45, 7) is 6.22. The van der Waals surface area contributed by atoms with Gasteiger partial charge in [-0.2, -0.15) is 0 Å². The first-order chi connectivity index (χ1) is 21.1. The third-order valence-electron chi connectivity index (χ3n) is 6.94. The molecular formula is C32H41N5O7. The quantitative estimate of drug-likeness (QED) is 0.219. The maximum atomic E-state index is 13.9. The average molecular weight is 608 g/mol. The summed E-state index contributed by atoms with van der Waals surface area (Å²) in [7, 11) is 1.44. The van der Waals surface area contributed by atoms with Gasteiger partial charge < -0.3 is 29.6 Å². The van der Waals surface area contributed by atoms with Gasteiger partial charge in [-0.05, 0) is 44.7 Å². The van der Waals surface area contributed by atoms with Gasteiger partial charge in [-0.15, -0.1) is 0 Å². The zero-order chi connectivity index (χ0) is 31.5. The lowest BCUT2D eigenvalue weighted by Gasteiger charge is -2.29. The Bertz CT molecular complexity index is 1360. The number of alkyl carbamates (subject to hydrolysis) is 1. The second-order valence-electron chi connectivity index (χ2n) is 11.5. The summed E-state index contributed by atoms with van der Waals surface area (Å²) in [5.41, 5.74) is 0.941. The molecule has 1 saturated heterocycles. The molecule has 3 atom stereocenters. The van der Waals surface area contributed by atoms with Crippen molar-refractivity contribution in [1.82, 2.24) is 19.8 Å². The summed E-state index contributed by atoms with van der Waals surface area (Å²) < 4.78 is 12.8. The molecule has 0 saturated carbocycles. The molecule has 2 aromatic carbocycles. The number of benzene rings is 2. The molecule has 1 aliphatic heterocycles. The first-order valence-corrected chi connectivity index (χ1v) is 14.6. The molecule has 2 heterocycles. The third kappa shape index (κ3) is 9.37. The standard InChI is InChI=1S/C32H41N5O7/c1-32(2,3)44-31(40)34-26(21-42-19-23-12-7-5-8-13-23)29(38)35-27-18-36(22-33-27)28(24-14-9-6-10-15-24)30(39)37-17-11-16-25(37)20-43-41-4/h5-10,12-15,18,22,25-26,28H,11,16-17,19-21H2,1-4H3,(H,34,40)(H,35,38)/t25?,26-,28?/m0/s1. The molecule has 1 aromatic heterocycles. The number of carbonyl (C=O) groups is 3. The molecule has 0 aliphatic carbocycles. The fourth-order valence-corrected chi connectivity index (χ4v) is 4.94. The van der Waals surface area contributed by atoms with Crippen molar-refractivity contribution in [3.63, 3.8) is 0 Å². The van der Waals surface area contributed by atoms with Gasteiger partial charge in [0.1, 0.15) is 24.3 Å². The first kappa shape index (κ1) is 32.6. The molecule has 1 aliphatic rings. The van der Waals surface area contributed by atoms with Gasteiger partial charge in [0.05, 0.1) is 32.7 Å². The number of likely N-dealkylation sites (tertiary alicyclic amines) is 1. The smallest absolute Gasteiger partial charge is 0.408 e. The Labute approximate surface area is 257 Å². The Kier molecular flexibility index (Phi) is 11.5. The maximum absolute atomic E-state index is 13.9. The molecule has 236 valence electrons. The lowest BCUT2D eigenvalue weighted by atomic mass is 10.0. The van der Waals surface area contributed by atoms with Gasteiger partial charge in [0.25, 0.3) is 11.8 Å². The number of ether oxygens (including phenoxy) is 2. The number of hydrogen-bond acceptors (Lipinski definition) is 8. The van der Waals surface area contributed by atoms with Crippen LogP contribution in [0.5, 0.6) is 0 Å². The molecule has 0 bridgehead atoms. The van der Waals surface area contributed by atoms with Gasteiger partial charge in [0, 0.05) is 12.7 Å². The van der Waals surface area contributed by atoms with E-state index in [-0.39, 0.29) is 37.6 Å². The molecule has 4 rings (SSSR count). The Morgan fingerprint density at radius 1 is 1.05 bits per heavy atom. The van der Waals surface area contributed by atoms with Crippen LogP contribution in [0.15, 0.2) is 73.2 Å². The monoisotopic (exact) mass is 607 g/mol. The molecule has 2 unspecified atom stereocenters. The summed E-state index contributed by atoms with van der Waals surface area (Å²) in [6.07, 6.45) is 4.01. The molecule has 44 heavy (non-hydrogen) atoms. The van der Waals surface area contributed by atoms with Gasteiger partial charge >= 0.3 is 6.09 Å². The number of aromatic nitrogens is 2. The van der Waals surface area contributed by atoms with E-state index in [1.165, 1.54) is 13.4 Å². The van der Waals surface area contributed by atoms with Crippen molar-refractivity contribution in [3.05, 3.63) is 84.3 Å². The van der Waals surface area contributed by atoms with E-state index in [1.54, 1.807) is 36.4 Å². The highest BCUT2D eigenvalue weighted by Crippen LogP contribution is 2.27. The number of carbonyl (C=O) groups excluding carboxylic acids is 3. The molecule has 12 heteroatoms. The van der Waals surface area contributed by atoms with Crippen LogP contribution in [0.2, 0.25) is 0 Å². The van der Waals surface area contributed by atoms with Crippen molar-refractivity contribution < 1.29 is 33.6 Å². The van der Waals surface area contributed by atoms with E-state index in [9.17, 15) is 14.4 Å². The van der Waals surface area contributed by atoms with Crippen molar-refractivity contribution in [1.29, 1.82) is 0 Å². The molecule has 2 N–H and O–H groups in total. The molecule has 3 amide bonds. The van der Waals surface area contributed by atoms with Gasteiger partial charge in [-0.3, -0.25) is 9.59 Å². The number of nitrogens with one attached hydrogen (secondary N) is 2. The third-order valence-corrected chi connectivity index (χ3v) is 6.94. The number of anilines is 1. The molecule has 0 spiro atoms. The second-order valence-corrected chi connectivity index (χ2v) is 11.5. The largest absolute Gasteiger partial charge is 0.444 e. The van der Waals surface area contributed by atoms with E-state index in [2.05, 4.69) is 15.6 Å². The number of rotatable bonds is 13. The van der Waals surface area contributed by atoms with E-state index < -0.39 is 29.7 Å². The Morgan fingerprint density at radius 2 is 1.75 bits per heavy atom. The Hall–Kier alpha value is -4.26. The Morgan fingerprint density at radius 3 is 2.43 bits per heavy atom. The zero-order valence-corrected chi connectivity index (χ0v) is 25.6. The Balaban J connectivity index is 1.50. The highest BCUT2D eigenvalue weighted by Gasteiger charge is 2.35. The highest BCUT2D eigenvalue weighted by molar-refractivity contribution is 5.96. The van der Waals surface area contributed by atoms with Crippen molar-refractivity contribution in [2.24, 2.45) is 0 Å². The number of imidazole rings is 1. The van der Waals surface area contributed by atoms with Crippen LogP contribution in [0.1, 0.15) is 50.8 Å². The van der Waals surface area contributed by atoms with Crippen molar-refractivity contribution in [2.75, 3.05) is 32.2 Å². The maximum Gasteiger partial charge on any atom is 0.408 e. The van der Waals surface area contributed by atoms with Gasteiger partial charge in [-0.1, -0.05) is 60.7 Å². The molecular weight excluding hydrogens is 566 g/mol. The average Bonchev–Trinajstić information content (AvgIpc) is 3.65. The minimum atomic E-state index is -1.07. The van der Waals surface area contributed by atoms with Crippen molar-refractivity contribution in [3.8, 4) is 0 Å². The van der Waals surface area contributed by atoms with E-state index >= 15 is 0 Å². The molecule has 12 nitrogen and oxygen atoms in total. The van der Waals surface area contributed by atoms with Gasteiger partial charge in [0.15, 0.2) is 5.82 Å². The number of nitrogens with zero attached hydrogens (tertiary/aromatic N) is 3. The van der Waals surface area contributed by atoms with Crippen LogP contribution in [-0.2, 0) is 35.4 Å². The summed E-state index contributed by atoms with van der Waals surface area (Å²) in [6, 6.07) is 17.0.